The van der Waals surface area contributed by atoms with Crippen LogP contribution in [0.3, 0.4) is 0 Å². The molecule has 16 heavy (non-hydrogen) atoms. The van der Waals surface area contributed by atoms with Crippen LogP contribution >= 0.6 is 0 Å². The summed E-state index contributed by atoms with van der Waals surface area (Å²) in [5.74, 6) is 0. The van der Waals surface area contributed by atoms with Crippen molar-refractivity contribution >= 4 is 12.1 Å². The zero-order valence-electron chi connectivity index (χ0n) is 9.16. The summed E-state index contributed by atoms with van der Waals surface area (Å²) < 4.78 is 5.36. The molecule has 7 heteroatoms. The predicted octanol–water partition coefficient (Wildman–Crippen LogP) is -0.249. The van der Waals surface area contributed by atoms with Crippen LogP contribution in [0, 0.1) is 0 Å². The third-order valence-electron chi connectivity index (χ3n) is 2.63. The highest BCUT2D eigenvalue weighted by molar-refractivity contribution is 5.84. The number of fused-ring (bicyclic) bond motifs is 1. The van der Waals surface area contributed by atoms with Gasteiger partial charge in [0.05, 0.1) is 0 Å². The van der Waals surface area contributed by atoms with Crippen molar-refractivity contribution in [2.24, 2.45) is 0 Å². The molecule has 2 fully saturated rings. The molecule has 1 unspecified atom stereocenters. The first-order valence-electron chi connectivity index (χ1n) is 5.44. The highest BCUT2D eigenvalue weighted by Crippen LogP contribution is 2.13. The number of hydrogen-bond donors (Lipinski definition) is 3. The molecule has 2 atom stereocenters. The Kier molecular flexibility index (Phi) is 3.14. The molecule has 0 spiro atoms. The van der Waals surface area contributed by atoms with Crippen molar-refractivity contribution in [1.29, 1.82) is 0 Å². The summed E-state index contributed by atoms with van der Waals surface area (Å²) in [5, 5.41) is 7.90. The van der Waals surface area contributed by atoms with E-state index in [-0.39, 0.29) is 31.1 Å². The summed E-state index contributed by atoms with van der Waals surface area (Å²) in [6.45, 7) is 2.90. The molecular weight excluding hydrogens is 212 g/mol. The number of carbonyl (C=O) groups excluding carboxylic acids is 2. The van der Waals surface area contributed by atoms with Crippen LogP contribution in [-0.2, 0) is 4.74 Å². The third kappa shape index (κ3) is 2.04. The predicted molar refractivity (Wildman–Crippen MR) is 55.3 cm³/mol. The average Bonchev–Trinajstić information content (AvgIpc) is 2.70. The first kappa shape index (κ1) is 11.0. The Morgan fingerprint density at radius 2 is 2.12 bits per heavy atom. The van der Waals surface area contributed by atoms with E-state index in [9.17, 15) is 9.59 Å². The fourth-order valence-corrected chi connectivity index (χ4v) is 1.74. The first-order chi connectivity index (χ1) is 7.72. The minimum atomic E-state index is -0.352. The molecule has 4 amide bonds. The fraction of sp³-hybridized carbons (Fsp3) is 0.778. The highest BCUT2D eigenvalue weighted by atomic mass is 16.5. The molecule has 7 nitrogen and oxygen atoms in total. The van der Waals surface area contributed by atoms with Crippen LogP contribution in [0.1, 0.15) is 19.8 Å². The summed E-state index contributed by atoms with van der Waals surface area (Å²) in [6, 6.07) is -0.493. The smallest absolute Gasteiger partial charge is 0.322 e. The highest BCUT2D eigenvalue weighted by Gasteiger charge is 2.45. The van der Waals surface area contributed by atoms with Crippen LogP contribution in [0.5, 0.6) is 0 Å². The van der Waals surface area contributed by atoms with Crippen molar-refractivity contribution in [3.05, 3.63) is 0 Å². The molecule has 90 valence electrons. The number of urea groups is 2. The van der Waals surface area contributed by atoms with Gasteiger partial charge in [-0.2, -0.15) is 0 Å². The van der Waals surface area contributed by atoms with E-state index in [1.807, 2.05) is 0 Å². The third-order valence-corrected chi connectivity index (χ3v) is 2.63. The number of hydrogen-bond acceptors (Lipinski definition) is 3. The lowest BCUT2D eigenvalue weighted by molar-refractivity contribution is 0.0354. The molecule has 0 aromatic heterocycles. The minimum Gasteiger partial charge on any atom is -0.361 e. The maximum atomic E-state index is 11.5. The summed E-state index contributed by atoms with van der Waals surface area (Å²) in [7, 11) is 0. The number of rotatable bonds is 5. The maximum Gasteiger partial charge on any atom is 0.322 e. The lowest BCUT2D eigenvalue weighted by Crippen LogP contribution is -2.44. The lowest BCUT2D eigenvalue weighted by Gasteiger charge is -2.20. The Morgan fingerprint density at radius 3 is 2.88 bits per heavy atom. The number of nitrogens with one attached hydrogen (secondary N) is 3. The molecule has 2 aliphatic rings. The van der Waals surface area contributed by atoms with E-state index in [2.05, 4.69) is 22.9 Å². The molecule has 0 saturated carbocycles. The van der Waals surface area contributed by atoms with E-state index < -0.39 is 0 Å². The lowest BCUT2D eigenvalue weighted by atomic mass is 10.4. The Labute approximate surface area is 93.5 Å². The van der Waals surface area contributed by atoms with Gasteiger partial charge in [-0.05, 0) is 6.42 Å². The van der Waals surface area contributed by atoms with Gasteiger partial charge in [0.25, 0.3) is 0 Å². The number of nitrogens with zero attached hydrogens (tertiary/aromatic N) is 1. The van der Waals surface area contributed by atoms with Gasteiger partial charge in [-0.25, -0.2) is 9.59 Å². The average molecular weight is 228 g/mol. The summed E-state index contributed by atoms with van der Waals surface area (Å²) >= 11 is 0. The number of amides is 4. The summed E-state index contributed by atoms with van der Waals surface area (Å²) in [4.78, 5) is 24.0. The summed E-state index contributed by atoms with van der Waals surface area (Å²) in [6.07, 6.45) is 1.32. The standard InChI is InChI=1S/C9H16N4O3/c1-2-3-4-16-5-13-7-6(11-9(13)15)10-8(14)12-7/h6-7H,2-5H2,1H3,(H,11,15)(H2,10,12,14)/t6?,7-/m0/s1. The van der Waals surface area contributed by atoms with Gasteiger partial charge in [0.1, 0.15) is 19.1 Å². The SMILES string of the molecule is CCCCOCN1C(=O)NC2NC(=O)N[C@H]21. The van der Waals surface area contributed by atoms with Gasteiger partial charge in [-0.15, -0.1) is 0 Å². The van der Waals surface area contributed by atoms with E-state index in [1.165, 1.54) is 4.90 Å². The molecule has 2 saturated heterocycles. The topological polar surface area (TPSA) is 82.7 Å². The van der Waals surface area contributed by atoms with Gasteiger partial charge >= 0.3 is 12.1 Å². The Morgan fingerprint density at radius 1 is 1.31 bits per heavy atom. The van der Waals surface area contributed by atoms with Crippen LogP contribution in [0.2, 0.25) is 0 Å². The normalized spacial score (nSPS) is 27.4. The second-order valence-electron chi connectivity index (χ2n) is 3.85. The first-order valence-corrected chi connectivity index (χ1v) is 5.44. The van der Waals surface area contributed by atoms with Crippen molar-refractivity contribution < 1.29 is 14.3 Å². The zero-order valence-corrected chi connectivity index (χ0v) is 9.16. The molecule has 2 aliphatic heterocycles. The van der Waals surface area contributed by atoms with Crippen molar-refractivity contribution in [3.8, 4) is 0 Å². The van der Waals surface area contributed by atoms with Gasteiger partial charge in [0.15, 0.2) is 0 Å². The van der Waals surface area contributed by atoms with Crippen LogP contribution in [0.4, 0.5) is 9.59 Å². The zero-order chi connectivity index (χ0) is 11.5. The molecule has 0 radical (unpaired) electrons. The Bertz CT molecular complexity index is 296. The number of unbranched alkanes of at least 4 members (excludes halogenated alkanes) is 1. The Balaban J connectivity index is 1.83. The van der Waals surface area contributed by atoms with E-state index >= 15 is 0 Å². The molecule has 0 aromatic carbocycles. The Hall–Kier alpha value is -1.50. The van der Waals surface area contributed by atoms with E-state index in [1.54, 1.807) is 0 Å². The number of carbonyl (C=O) groups is 2. The fourth-order valence-electron chi connectivity index (χ4n) is 1.74. The maximum absolute atomic E-state index is 11.5. The molecule has 0 aromatic rings. The van der Waals surface area contributed by atoms with Gasteiger partial charge in [-0.3, -0.25) is 4.90 Å². The molecule has 2 heterocycles. The second kappa shape index (κ2) is 4.56. The monoisotopic (exact) mass is 228 g/mol. The second-order valence-corrected chi connectivity index (χ2v) is 3.85. The van der Waals surface area contributed by atoms with E-state index in [4.69, 9.17) is 4.74 Å². The quantitative estimate of drug-likeness (QED) is 0.567. The van der Waals surface area contributed by atoms with Crippen LogP contribution in [-0.4, -0.2) is 42.6 Å². The van der Waals surface area contributed by atoms with Gasteiger partial charge < -0.3 is 20.7 Å². The molecular formula is C9H16N4O3. The minimum absolute atomic E-state index is 0.203. The van der Waals surface area contributed by atoms with Crippen molar-refractivity contribution in [3.63, 3.8) is 0 Å². The van der Waals surface area contributed by atoms with E-state index in [0.717, 1.165) is 12.8 Å². The van der Waals surface area contributed by atoms with Crippen LogP contribution in [0.25, 0.3) is 0 Å². The molecule has 0 aliphatic carbocycles. The van der Waals surface area contributed by atoms with E-state index in [0.29, 0.717) is 6.61 Å². The summed E-state index contributed by atoms with van der Waals surface area (Å²) in [5.41, 5.74) is 0. The molecule has 3 N–H and O–H groups in total. The molecule has 0 bridgehead atoms. The van der Waals surface area contributed by atoms with Crippen molar-refractivity contribution in [2.75, 3.05) is 13.3 Å². The van der Waals surface area contributed by atoms with Crippen molar-refractivity contribution in [1.82, 2.24) is 20.9 Å². The van der Waals surface area contributed by atoms with Gasteiger partial charge in [0, 0.05) is 6.61 Å². The number of ether oxygens (including phenoxy) is 1. The van der Waals surface area contributed by atoms with Crippen LogP contribution in [0.15, 0.2) is 0 Å². The largest absolute Gasteiger partial charge is 0.361 e. The molecule has 2 rings (SSSR count). The van der Waals surface area contributed by atoms with Crippen LogP contribution < -0.4 is 16.0 Å². The van der Waals surface area contributed by atoms with Gasteiger partial charge in [0.2, 0.25) is 0 Å². The van der Waals surface area contributed by atoms with Crippen molar-refractivity contribution in [2.45, 2.75) is 32.1 Å². The van der Waals surface area contributed by atoms with Gasteiger partial charge in [-0.1, -0.05) is 13.3 Å².